The molecule has 2 aromatic rings. The van der Waals surface area contributed by atoms with Gasteiger partial charge in [0, 0.05) is 4.88 Å². The molecule has 0 unspecified atom stereocenters. The maximum atomic E-state index is 12.6. The van der Waals surface area contributed by atoms with Gasteiger partial charge in [-0.3, -0.25) is 4.79 Å². The van der Waals surface area contributed by atoms with Crippen LogP contribution < -0.4 is 10.1 Å². The molecule has 0 aliphatic carbocycles. The molecule has 0 bridgehead atoms. The molecule has 0 saturated carbocycles. The maximum Gasteiger partial charge on any atom is 0.341 e. The summed E-state index contributed by atoms with van der Waals surface area (Å²) in [6.45, 7) is 8.07. The van der Waals surface area contributed by atoms with Crippen molar-refractivity contribution >= 4 is 34.3 Å². The van der Waals surface area contributed by atoms with Crippen molar-refractivity contribution in [1.82, 2.24) is 0 Å². The number of benzene rings is 1. The zero-order valence-electron chi connectivity index (χ0n) is 16.3. The third-order valence-corrected chi connectivity index (χ3v) is 5.08. The van der Waals surface area contributed by atoms with Gasteiger partial charge in [0.1, 0.15) is 22.4 Å². The van der Waals surface area contributed by atoms with Crippen LogP contribution in [-0.2, 0) is 9.53 Å². The van der Waals surface area contributed by atoms with Crippen LogP contribution in [0.15, 0.2) is 29.8 Å². The minimum absolute atomic E-state index is 0.0670. The molecule has 0 aliphatic heterocycles. The van der Waals surface area contributed by atoms with Crippen molar-refractivity contribution in [2.24, 2.45) is 0 Å². The van der Waals surface area contributed by atoms with E-state index in [1.54, 1.807) is 38.1 Å². The molecular formula is C21H22N2O4S. The Hall–Kier alpha value is -3.11. The third-order valence-electron chi connectivity index (χ3n) is 3.96. The zero-order chi connectivity index (χ0) is 20.7. The number of ether oxygens (including phenoxy) is 2. The summed E-state index contributed by atoms with van der Waals surface area (Å²) >= 11 is 1.28. The lowest BCUT2D eigenvalue weighted by molar-refractivity contribution is -0.112. The number of nitriles is 1. The molecule has 0 saturated heterocycles. The highest BCUT2D eigenvalue weighted by atomic mass is 32.1. The first-order valence-electron chi connectivity index (χ1n) is 8.84. The largest absolute Gasteiger partial charge is 0.494 e. The Morgan fingerprint density at radius 3 is 2.43 bits per heavy atom. The standard InChI is InChI=1S/C21H22N2O4S/c1-5-26-17-9-7-15(8-10-17)11-16(12-22)19(24)23-20-18(21(25)27-6-2)13(3)14(4)28-20/h7-11H,5-6H2,1-4H3,(H,23,24)/b16-11+. The summed E-state index contributed by atoms with van der Waals surface area (Å²) in [4.78, 5) is 25.7. The van der Waals surface area contributed by atoms with Gasteiger partial charge in [0.25, 0.3) is 5.91 Å². The number of nitrogens with one attached hydrogen (secondary N) is 1. The fourth-order valence-corrected chi connectivity index (χ4v) is 3.52. The first-order chi connectivity index (χ1) is 13.4. The van der Waals surface area contributed by atoms with Gasteiger partial charge in [-0.2, -0.15) is 5.26 Å². The normalized spacial score (nSPS) is 10.9. The van der Waals surface area contributed by atoms with E-state index in [2.05, 4.69) is 5.32 Å². The lowest BCUT2D eigenvalue weighted by Crippen LogP contribution is -2.16. The molecule has 1 amide bonds. The Balaban J connectivity index is 2.26. The van der Waals surface area contributed by atoms with E-state index in [-0.39, 0.29) is 12.2 Å². The highest BCUT2D eigenvalue weighted by Gasteiger charge is 2.23. The summed E-state index contributed by atoms with van der Waals surface area (Å²) in [6.07, 6.45) is 1.49. The lowest BCUT2D eigenvalue weighted by Gasteiger charge is -2.07. The molecule has 1 heterocycles. The van der Waals surface area contributed by atoms with Crippen molar-refractivity contribution in [1.29, 1.82) is 5.26 Å². The molecule has 2 rings (SSSR count). The van der Waals surface area contributed by atoms with Crippen molar-refractivity contribution < 1.29 is 19.1 Å². The average molecular weight is 398 g/mol. The SMILES string of the molecule is CCOC(=O)c1c(NC(=O)/C(C#N)=C/c2ccc(OCC)cc2)sc(C)c1C. The monoisotopic (exact) mass is 398 g/mol. The summed E-state index contributed by atoms with van der Waals surface area (Å²) < 4.78 is 10.5. The summed E-state index contributed by atoms with van der Waals surface area (Å²) in [6, 6.07) is 8.98. The number of carbonyl (C=O) groups excluding carboxylic acids is 2. The average Bonchev–Trinajstić information content (AvgIpc) is 2.94. The van der Waals surface area contributed by atoms with Crippen LogP contribution in [0.25, 0.3) is 6.08 Å². The number of rotatable bonds is 7. The van der Waals surface area contributed by atoms with Gasteiger partial charge in [-0.05, 0) is 57.0 Å². The zero-order valence-corrected chi connectivity index (χ0v) is 17.1. The molecule has 0 atom stereocenters. The first kappa shape index (κ1) is 21.2. The van der Waals surface area contributed by atoms with E-state index in [9.17, 15) is 14.9 Å². The van der Waals surface area contributed by atoms with E-state index >= 15 is 0 Å². The topological polar surface area (TPSA) is 88.4 Å². The predicted molar refractivity (Wildman–Crippen MR) is 110 cm³/mol. The molecule has 146 valence electrons. The molecule has 6 nitrogen and oxygen atoms in total. The Morgan fingerprint density at radius 1 is 1.18 bits per heavy atom. The number of amides is 1. The second-order valence-corrected chi connectivity index (χ2v) is 7.06. The van der Waals surface area contributed by atoms with E-state index in [1.165, 1.54) is 17.4 Å². The Kier molecular flexibility index (Phi) is 7.36. The molecule has 0 radical (unpaired) electrons. The lowest BCUT2D eigenvalue weighted by atomic mass is 10.1. The molecule has 7 heteroatoms. The molecular weight excluding hydrogens is 376 g/mol. The smallest absolute Gasteiger partial charge is 0.341 e. The molecule has 0 fully saturated rings. The quantitative estimate of drug-likeness (QED) is 0.422. The number of anilines is 1. The van der Waals surface area contributed by atoms with Crippen LogP contribution in [0, 0.1) is 25.2 Å². The molecule has 1 N–H and O–H groups in total. The molecule has 0 aliphatic rings. The number of esters is 1. The second kappa shape index (κ2) is 9.72. The fraction of sp³-hybridized carbons (Fsp3) is 0.286. The Morgan fingerprint density at radius 2 is 1.86 bits per heavy atom. The van der Waals surface area contributed by atoms with Crippen molar-refractivity contribution in [2.45, 2.75) is 27.7 Å². The number of carbonyl (C=O) groups is 2. The second-order valence-electron chi connectivity index (χ2n) is 5.83. The maximum absolute atomic E-state index is 12.6. The van der Waals surface area contributed by atoms with Crippen LogP contribution in [-0.4, -0.2) is 25.1 Å². The van der Waals surface area contributed by atoms with Gasteiger partial charge in [0.2, 0.25) is 0 Å². The van der Waals surface area contributed by atoms with Crippen LogP contribution in [0.4, 0.5) is 5.00 Å². The van der Waals surface area contributed by atoms with Gasteiger partial charge in [-0.25, -0.2) is 4.79 Å². The van der Waals surface area contributed by atoms with Crippen LogP contribution in [0.2, 0.25) is 0 Å². The number of hydrogen-bond acceptors (Lipinski definition) is 6. The minimum atomic E-state index is -0.580. The summed E-state index contributed by atoms with van der Waals surface area (Å²) in [5.74, 6) is -0.358. The number of aryl methyl sites for hydroxylation is 1. The highest BCUT2D eigenvalue weighted by molar-refractivity contribution is 7.16. The predicted octanol–water partition coefficient (Wildman–Crippen LogP) is 4.49. The number of nitrogens with zero attached hydrogens (tertiary/aromatic N) is 1. The van der Waals surface area contributed by atoms with Crippen molar-refractivity contribution in [2.75, 3.05) is 18.5 Å². The van der Waals surface area contributed by atoms with Crippen LogP contribution in [0.1, 0.15) is 40.2 Å². The van der Waals surface area contributed by atoms with Crippen LogP contribution in [0.3, 0.4) is 0 Å². The van der Waals surface area contributed by atoms with E-state index in [0.29, 0.717) is 28.5 Å². The third kappa shape index (κ3) is 4.99. The van der Waals surface area contributed by atoms with Gasteiger partial charge < -0.3 is 14.8 Å². The number of hydrogen-bond donors (Lipinski definition) is 1. The van der Waals surface area contributed by atoms with Gasteiger partial charge in [0.05, 0.1) is 18.8 Å². The first-order valence-corrected chi connectivity index (χ1v) is 9.66. The van der Waals surface area contributed by atoms with E-state index in [0.717, 1.165) is 10.4 Å². The minimum Gasteiger partial charge on any atom is -0.494 e. The number of thiophene rings is 1. The molecule has 1 aromatic heterocycles. The van der Waals surface area contributed by atoms with Gasteiger partial charge in [0.15, 0.2) is 0 Å². The van der Waals surface area contributed by atoms with Crippen molar-refractivity contribution in [3.63, 3.8) is 0 Å². The van der Waals surface area contributed by atoms with Gasteiger partial charge in [-0.15, -0.1) is 11.3 Å². The molecule has 1 aromatic carbocycles. The Bertz CT molecular complexity index is 937. The summed E-state index contributed by atoms with van der Waals surface area (Å²) in [5.41, 5.74) is 1.71. The van der Waals surface area contributed by atoms with Crippen molar-refractivity contribution in [3.8, 4) is 11.8 Å². The summed E-state index contributed by atoms with van der Waals surface area (Å²) in [7, 11) is 0. The molecule has 28 heavy (non-hydrogen) atoms. The van der Waals surface area contributed by atoms with Gasteiger partial charge in [-0.1, -0.05) is 12.1 Å². The fourth-order valence-electron chi connectivity index (χ4n) is 2.48. The highest BCUT2D eigenvalue weighted by Crippen LogP contribution is 2.33. The van der Waals surface area contributed by atoms with E-state index in [4.69, 9.17) is 9.47 Å². The van der Waals surface area contributed by atoms with Gasteiger partial charge >= 0.3 is 5.97 Å². The Labute approximate surface area is 168 Å². The van der Waals surface area contributed by atoms with E-state index < -0.39 is 11.9 Å². The van der Waals surface area contributed by atoms with Crippen molar-refractivity contribution in [3.05, 3.63) is 51.4 Å². The molecule has 0 spiro atoms. The summed E-state index contributed by atoms with van der Waals surface area (Å²) in [5, 5.41) is 12.5. The van der Waals surface area contributed by atoms with Crippen LogP contribution in [0.5, 0.6) is 5.75 Å². The van der Waals surface area contributed by atoms with E-state index in [1.807, 2.05) is 19.9 Å². The van der Waals surface area contributed by atoms with Crippen LogP contribution >= 0.6 is 11.3 Å².